The Morgan fingerprint density at radius 1 is 1.00 bits per heavy atom. The number of carbonyl (C=O) groups is 1. The van der Waals surface area contributed by atoms with Crippen LogP contribution in [0.3, 0.4) is 0 Å². The van der Waals surface area contributed by atoms with Crippen LogP contribution in [0, 0.1) is 0 Å². The van der Waals surface area contributed by atoms with Gasteiger partial charge in [-0.2, -0.15) is 0 Å². The van der Waals surface area contributed by atoms with Crippen molar-refractivity contribution >= 4 is 28.7 Å². The van der Waals surface area contributed by atoms with Gasteiger partial charge in [-0.25, -0.2) is 4.79 Å². The third-order valence-corrected chi connectivity index (χ3v) is 8.65. The van der Waals surface area contributed by atoms with Crippen molar-refractivity contribution in [3.63, 3.8) is 0 Å². The van der Waals surface area contributed by atoms with Crippen LogP contribution in [0.5, 0.6) is 23.0 Å². The first-order chi connectivity index (χ1) is 21.3. The molecule has 44 heavy (non-hydrogen) atoms. The van der Waals surface area contributed by atoms with E-state index in [9.17, 15) is 14.7 Å². The first-order valence-electron chi connectivity index (χ1n) is 14.8. The molecule has 1 aliphatic heterocycles. The van der Waals surface area contributed by atoms with Crippen LogP contribution in [0.15, 0.2) is 79.9 Å². The average Bonchev–Trinajstić information content (AvgIpc) is 3.02. The smallest absolute Gasteiger partial charge is 0.343 e. The molecule has 3 aromatic carbocycles. The number of rotatable bonds is 11. The Labute approximate surface area is 261 Å². The molecule has 0 atom stereocenters. The number of hydrogen-bond donors (Lipinski definition) is 1. The first-order valence-corrected chi connectivity index (χ1v) is 15.6. The summed E-state index contributed by atoms with van der Waals surface area (Å²) < 4.78 is 23.0. The van der Waals surface area contributed by atoms with Crippen molar-refractivity contribution in [2.75, 3.05) is 40.3 Å². The number of nitrogens with zero attached hydrogens (tertiary/aromatic N) is 2. The van der Waals surface area contributed by atoms with E-state index in [4.69, 9.17) is 18.6 Å². The van der Waals surface area contributed by atoms with Gasteiger partial charge >= 0.3 is 5.97 Å². The second-order valence-electron chi connectivity index (χ2n) is 10.9. The van der Waals surface area contributed by atoms with Crippen molar-refractivity contribution in [2.45, 2.75) is 49.3 Å². The number of hydrogen-bond acceptors (Lipinski definition) is 10. The molecule has 232 valence electrons. The lowest BCUT2D eigenvalue weighted by molar-refractivity contribution is 0.0734. The third-order valence-electron chi connectivity index (χ3n) is 7.74. The molecular weight excluding hydrogens is 580 g/mol. The molecule has 4 aromatic rings. The van der Waals surface area contributed by atoms with Gasteiger partial charge in [-0.15, -0.1) is 0 Å². The van der Waals surface area contributed by atoms with E-state index in [1.165, 1.54) is 24.9 Å². The van der Waals surface area contributed by atoms with E-state index in [1.807, 2.05) is 26.0 Å². The summed E-state index contributed by atoms with van der Waals surface area (Å²) in [6.45, 7) is 9.08. The number of aromatic hydroxyl groups is 1. The Balaban J connectivity index is 1.25. The topological polar surface area (TPSA) is 102 Å². The second-order valence-corrected chi connectivity index (χ2v) is 11.9. The number of phenols is 1. The van der Waals surface area contributed by atoms with Crippen LogP contribution < -0.4 is 19.6 Å². The van der Waals surface area contributed by atoms with Gasteiger partial charge in [-0.1, -0.05) is 37.7 Å². The average molecular weight is 619 g/mol. The standard InChI is InChI=1S/C34H38N2O7S/c1-5-24(6-2)41-29-20-28-31(32(38)33(29)40-4)27(37)19-30(43-28)44-26-13-11-25(12-14-26)42-34(39)23-9-7-22(8-10-23)21-36-17-15-35(3)16-18-36/h7-14,19-20,24,38H,5-6,15-18,21H2,1-4H3. The largest absolute Gasteiger partial charge is 0.504 e. The summed E-state index contributed by atoms with van der Waals surface area (Å²) in [6.07, 6.45) is 1.46. The lowest BCUT2D eigenvalue weighted by atomic mass is 10.1. The molecule has 0 saturated carbocycles. The predicted molar refractivity (Wildman–Crippen MR) is 170 cm³/mol. The van der Waals surface area contributed by atoms with E-state index < -0.39 is 11.4 Å². The molecule has 2 heterocycles. The third kappa shape index (κ3) is 7.38. The molecule has 1 aromatic heterocycles. The van der Waals surface area contributed by atoms with Gasteiger partial charge in [0.25, 0.3) is 0 Å². The normalized spacial score (nSPS) is 14.2. The molecule has 0 radical (unpaired) electrons. The van der Waals surface area contributed by atoms with E-state index in [2.05, 4.69) is 16.8 Å². The summed E-state index contributed by atoms with van der Waals surface area (Å²) in [5.74, 6) is 0.0723. The molecule has 5 rings (SSSR count). The van der Waals surface area contributed by atoms with Gasteiger partial charge in [0.2, 0.25) is 5.75 Å². The summed E-state index contributed by atoms with van der Waals surface area (Å²) in [5, 5.41) is 11.2. The summed E-state index contributed by atoms with van der Waals surface area (Å²) >= 11 is 1.23. The van der Waals surface area contributed by atoms with Gasteiger partial charge in [0.1, 0.15) is 16.7 Å². The van der Waals surface area contributed by atoms with E-state index >= 15 is 0 Å². The molecule has 1 aliphatic rings. The number of benzene rings is 3. The van der Waals surface area contributed by atoms with Crippen molar-refractivity contribution in [1.29, 1.82) is 0 Å². The van der Waals surface area contributed by atoms with Crippen LogP contribution in [0.2, 0.25) is 0 Å². The van der Waals surface area contributed by atoms with E-state index in [0.717, 1.165) is 56.0 Å². The molecule has 0 unspecified atom stereocenters. The zero-order valence-corrected chi connectivity index (χ0v) is 26.3. The SMILES string of the molecule is CCC(CC)Oc1cc2oc(Sc3ccc(OC(=O)c4ccc(CN5CCN(C)CC5)cc4)cc3)cc(=O)c2c(O)c1OC. The number of esters is 1. The fourth-order valence-electron chi connectivity index (χ4n) is 5.08. The van der Waals surface area contributed by atoms with E-state index in [1.54, 1.807) is 42.5 Å². The minimum absolute atomic E-state index is 0.0257. The lowest BCUT2D eigenvalue weighted by Gasteiger charge is -2.32. The lowest BCUT2D eigenvalue weighted by Crippen LogP contribution is -2.43. The van der Waals surface area contributed by atoms with Gasteiger partial charge in [-0.3, -0.25) is 9.69 Å². The highest BCUT2D eigenvalue weighted by molar-refractivity contribution is 7.99. The zero-order chi connectivity index (χ0) is 31.2. The molecule has 0 bridgehead atoms. The highest BCUT2D eigenvalue weighted by Crippen LogP contribution is 2.43. The van der Waals surface area contributed by atoms with Gasteiger partial charge in [-0.05, 0) is 61.9 Å². The van der Waals surface area contributed by atoms with Gasteiger partial charge in [0, 0.05) is 49.8 Å². The van der Waals surface area contributed by atoms with Crippen LogP contribution in [-0.2, 0) is 6.54 Å². The Hall–Kier alpha value is -3.99. The number of piperazine rings is 1. The van der Waals surface area contributed by atoms with Crippen LogP contribution >= 0.6 is 11.8 Å². The van der Waals surface area contributed by atoms with E-state index in [0.29, 0.717) is 22.2 Å². The maximum absolute atomic E-state index is 13.0. The quantitative estimate of drug-likeness (QED) is 0.155. The minimum atomic E-state index is -0.432. The van der Waals surface area contributed by atoms with Crippen LogP contribution in [0.4, 0.5) is 0 Å². The number of carbonyl (C=O) groups excluding carboxylic acids is 1. The molecule has 1 fully saturated rings. The van der Waals surface area contributed by atoms with Gasteiger partial charge < -0.3 is 28.6 Å². The molecule has 0 aliphatic carbocycles. The highest BCUT2D eigenvalue weighted by Gasteiger charge is 2.22. The van der Waals surface area contributed by atoms with E-state index in [-0.39, 0.29) is 28.6 Å². The predicted octanol–water partition coefficient (Wildman–Crippen LogP) is 6.19. The molecule has 1 saturated heterocycles. The number of methoxy groups -OCH3 is 1. The molecule has 1 N–H and O–H groups in total. The van der Waals surface area contributed by atoms with Gasteiger partial charge in [0.15, 0.2) is 22.0 Å². The molecule has 0 amide bonds. The first kappa shape index (κ1) is 31.4. The molecular formula is C34H38N2O7S. The Morgan fingerprint density at radius 2 is 1.68 bits per heavy atom. The maximum atomic E-state index is 13.0. The minimum Gasteiger partial charge on any atom is -0.504 e. The Morgan fingerprint density at radius 3 is 2.32 bits per heavy atom. The highest BCUT2D eigenvalue weighted by atomic mass is 32.2. The Kier molecular flexibility index (Phi) is 10.1. The summed E-state index contributed by atoms with van der Waals surface area (Å²) in [7, 11) is 3.55. The molecule has 9 nitrogen and oxygen atoms in total. The number of ether oxygens (including phenoxy) is 3. The van der Waals surface area contributed by atoms with Crippen molar-refractivity contribution < 1.29 is 28.5 Å². The molecule has 10 heteroatoms. The number of fused-ring (bicyclic) bond motifs is 1. The van der Waals surface area contributed by atoms with Gasteiger partial charge in [0.05, 0.1) is 18.8 Å². The second kappa shape index (κ2) is 14.2. The number of likely N-dealkylation sites (N-methyl/N-ethyl adjacent to an activating group) is 1. The van der Waals surface area contributed by atoms with Crippen molar-refractivity contribution in [3.8, 4) is 23.0 Å². The van der Waals surface area contributed by atoms with Crippen LogP contribution in [-0.4, -0.2) is 67.3 Å². The fourth-order valence-corrected chi connectivity index (χ4v) is 5.88. The molecule has 0 spiro atoms. The monoisotopic (exact) mass is 618 g/mol. The van der Waals surface area contributed by atoms with Crippen molar-refractivity contribution in [2.24, 2.45) is 0 Å². The number of phenolic OH excluding ortho intramolecular Hbond substituents is 1. The summed E-state index contributed by atoms with van der Waals surface area (Å²) in [6, 6.07) is 17.4. The van der Waals surface area contributed by atoms with Crippen molar-refractivity contribution in [3.05, 3.63) is 82.0 Å². The van der Waals surface area contributed by atoms with Crippen molar-refractivity contribution in [1.82, 2.24) is 9.80 Å². The van der Waals surface area contributed by atoms with Crippen LogP contribution in [0.1, 0.15) is 42.6 Å². The summed E-state index contributed by atoms with van der Waals surface area (Å²) in [5.41, 5.74) is 1.44. The zero-order valence-electron chi connectivity index (χ0n) is 25.5. The van der Waals surface area contributed by atoms with Crippen LogP contribution in [0.25, 0.3) is 11.0 Å². The maximum Gasteiger partial charge on any atom is 0.343 e. The Bertz CT molecular complexity index is 1640. The fraction of sp³-hybridized carbons (Fsp3) is 0.353. The summed E-state index contributed by atoms with van der Waals surface area (Å²) in [4.78, 5) is 31.2.